The van der Waals surface area contributed by atoms with Crippen molar-refractivity contribution in [3.8, 4) is 0 Å². The Balaban J connectivity index is 2.72. The molecule has 0 saturated heterocycles. The lowest BCUT2D eigenvalue weighted by molar-refractivity contribution is -0.173. The minimum atomic E-state index is -4.36. The molecule has 0 aliphatic heterocycles. The van der Waals surface area contributed by atoms with E-state index in [2.05, 4.69) is 0 Å². The molecule has 3 heteroatoms. The Kier molecular flexibility index (Phi) is 4.12. The molecule has 2 aromatic rings. The Morgan fingerprint density at radius 3 is 1.27 bits per heavy atom. The summed E-state index contributed by atoms with van der Waals surface area (Å²) in [5.41, 5.74) is 2.29. The van der Waals surface area contributed by atoms with E-state index in [0.717, 1.165) is 22.3 Å². The van der Waals surface area contributed by atoms with Gasteiger partial charge in [-0.3, -0.25) is 0 Å². The van der Waals surface area contributed by atoms with Gasteiger partial charge in [-0.2, -0.15) is 13.2 Å². The van der Waals surface area contributed by atoms with Crippen LogP contribution in [-0.2, 0) is 5.41 Å². The van der Waals surface area contributed by atoms with Crippen LogP contribution in [0.1, 0.15) is 40.3 Å². The molecule has 0 spiro atoms. The lowest BCUT2D eigenvalue weighted by Crippen LogP contribution is -2.40. The predicted molar refractivity (Wildman–Crippen MR) is 84.3 cm³/mol. The van der Waals surface area contributed by atoms with Crippen LogP contribution >= 0.6 is 0 Å². The SMILES string of the molecule is Cc1ccc(C(C)(c2ccc(C)c(C)c2)C(F)(F)F)cc1C. The molecular formula is C19H21F3. The van der Waals surface area contributed by atoms with E-state index in [1.807, 2.05) is 27.7 Å². The van der Waals surface area contributed by atoms with Crippen molar-refractivity contribution in [3.05, 3.63) is 69.8 Å². The molecule has 0 saturated carbocycles. The summed E-state index contributed by atoms with van der Waals surface area (Å²) in [6, 6.07) is 10.00. The summed E-state index contributed by atoms with van der Waals surface area (Å²) in [6.07, 6.45) is -4.36. The van der Waals surface area contributed by atoms with Gasteiger partial charge in [0, 0.05) is 0 Å². The highest BCUT2D eigenvalue weighted by Crippen LogP contribution is 2.46. The third-order valence-corrected chi connectivity index (χ3v) is 4.74. The Labute approximate surface area is 130 Å². The molecule has 2 aromatic carbocycles. The molecular weight excluding hydrogens is 285 g/mol. The highest BCUT2D eigenvalue weighted by molar-refractivity contribution is 5.46. The maximum atomic E-state index is 13.9. The second-order valence-electron chi connectivity index (χ2n) is 6.22. The van der Waals surface area contributed by atoms with Gasteiger partial charge >= 0.3 is 6.18 Å². The zero-order valence-corrected chi connectivity index (χ0v) is 13.6. The van der Waals surface area contributed by atoms with E-state index < -0.39 is 11.6 Å². The van der Waals surface area contributed by atoms with E-state index in [-0.39, 0.29) is 11.1 Å². The predicted octanol–water partition coefficient (Wildman–Crippen LogP) is 5.79. The lowest BCUT2D eigenvalue weighted by atomic mass is 9.74. The monoisotopic (exact) mass is 306 g/mol. The van der Waals surface area contributed by atoms with Crippen molar-refractivity contribution in [2.45, 2.75) is 46.2 Å². The van der Waals surface area contributed by atoms with Crippen molar-refractivity contribution >= 4 is 0 Å². The molecule has 0 aliphatic carbocycles. The molecule has 0 bridgehead atoms. The van der Waals surface area contributed by atoms with E-state index in [4.69, 9.17) is 0 Å². The molecule has 0 aliphatic rings. The van der Waals surface area contributed by atoms with Crippen molar-refractivity contribution in [2.75, 3.05) is 0 Å². The van der Waals surface area contributed by atoms with Crippen LogP contribution in [0.3, 0.4) is 0 Å². The molecule has 0 radical (unpaired) electrons. The van der Waals surface area contributed by atoms with Crippen LogP contribution in [-0.4, -0.2) is 6.18 Å². The van der Waals surface area contributed by atoms with Gasteiger partial charge in [-0.15, -0.1) is 0 Å². The van der Waals surface area contributed by atoms with Gasteiger partial charge in [-0.25, -0.2) is 0 Å². The minimum Gasteiger partial charge on any atom is -0.170 e. The summed E-state index contributed by atoms with van der Waals surface area (Å²) in [4.78, 5) is 0. The average Bonchev–Trinajstić information content (AvgIpc) is 2.42. The molecule has 0 atom stereocenters. The fourth-order valence-electron chi connectivity index (χ4n) is 2.60. The zero-order chi connectivity index (χ0) is 16.7. The van der Waals surface area contributed by atoms with Crippen LogP contribution in [0.5, 0.6) is 0 Å². The van der Waals surface area contributed by atoms with Crippen LogP contribution in [0, 0.1) is 27.7 Å². The molecule has 22 heavy (non-hydrogen) atoms. The Morgan fingerprint density at radius 2 is 1.00 bits per heavy atom. The number of hydrogen-bond donors (Lipinski definition) is 0. The third-order valence-electron chi connectivity index (χ3n) is 4.74. The first kappa shape index (κ1) is 16.6. The maximum absolute atomic E-state index is 13.9. The summed E-state index contributed by atoms with van der Waals surface area (Å²) in [5, 5.41) is 0. The standard InChI is InChI=1S/C19H21F3/c1-12-6-8-16(10-14(12)3)18(5,19(20,21)22)17-9-7-13(2)15(4)11-17/h6-11H,1-5H3. The molecule has 0 fully saturated rings. The maximum Gasteiger partial charge on any atom is 0.402 e. The summed E-state index contributed by atoms with van der Waals surface area (Å²) in [6.45, 7) is 8.76. The van der Waals surface area contributed by atoms with Gasteiger partial charge in [0.2, 0.25) is 0 Å². The number of hydrogen-bond acceptors (Lipinski definition) is 0. The normalized spacial score (nSPS) is 12.5. The Bertz CT molecular complexity index is 645. The Morgan fingerprint density at radius 1 is 0.636 bits per heavy atom. The number of rotatable bonds is 2. The van der Waals surface area contributed by atoms with E-state index in [9.17, 15) is 13.2 Å². The summed E-state index contributed by atoms with van der Waals surface area (Å²) >= 11 is 0. The molecule has 2 rings (SSSR count). The van der Waals surface area contributed by atoms with Crippen molar-refractivity contribution in [3.63, 3.8) is 0 Å². The van der Waals surface area contributed by atoms with Crippen molar-refractivity contribution in [1.82, 2.24) is 0 Å². The molecule has 118 valence electrons. The first-order valence-electron chi connectivity index (χ1n) is 7.29. The topological polar surface area (TPSA) is 0 Å². The second-order valence-corrected chi connectivity index (χ2v) is 6.22. The smallest absolute Gasteiger partial charge is 0.170 e. The van der Waals surface area contributed by atoms with Gasteiger partial charge in [0.1, 0.15) is 5.41 Å². The third kappa shape index (κ3) is 2.65. The number of aryl methyl sites for hydroxylation is 4. The quantitative estimate of drug-likeness (QED) is 0.659. The van der Waals surface area contributed by atoms with Gasteiger partial charge in [0.15, 0.2) is 0 Å². The van der Waals surface area contributed by atoms with Crippen molar-refractivity contribution < 1.29 is 13.2 Å². The van der Waals surface area contributed by atoms with Gasteiger partial charge in [0.25, 0.3) is 0 Å². The van der Waals surface area contributed by atoms with Gasteiger partial charge in [-0.05, 0) is 68.0 Å². The van der Waals surface area contributed by atoms with Crippen LogP contribution in [0.15, 0.2) is 36.4 Å². The molecule has 0 N–H and O–H groups in total. The highest BCUT2D eigenvalue weighted by Gasteiger charge is 2.53. The Hall–Kier alpha value is -1.77. The minimum absolute atomic E-state index is 0.284. The lowest BCUT2D eigenvalue weighted by Gasteiger charge is -2.34. The number of benzene rings is 2. The van der Waals surface area contributed by atoms with Crippen LogP contribution in [0.4, 0.5) is 13.2 Å². The molecule has 0 unspecified atom stereocenters. The summed E-state index contributed by atoms with van der Waals surface area (Å²) in [5.74, 6) is 0. The largest absolute Gasteiger partial charge is 0.402 e. The summed E-state index contributed by atoms with van der Waals surface area (Å²) in [7, 11) is 0. The van der Waals surface area contributed by atoms with E-state index in [0.29, 0.717) is 0 Å². The molecule has 0 heterocycles. The van der Waals surface area contributed by atoms with E-state index in [1.54, 1.807) is 36.4 Å². The van der Waals surface area contributed by atoms with Gasteiger partial charge < -0.3 is 0 Å². The van der Waals surface area contributed by atoms with E-state index in [1.165, 1.54) is 6.92 Å². The first-order chi connectivity index (χ1) is 10.1. The highest BCUT2D eigenvalue weighted by atomic mass is 19.4. The van der Waals surface area contributed by atoms with Crippen LogP contribution < -0.4 is 0 Å². The number of alkyl halides is 3. The van der Waals surface area contributed by atoms with E-state index >= 15 is 0 Å². The molecule has 0 amide bonds. The average molecular weight is 306 g/mol. The van der Waals surface area contributed by atoms with Gasteiger partial charge in [-0.1, -0.05) is 36.4 Å². The number of halogens is 3. The fraction of sp³-hybridized carbons (Fsp3) is 0.368. The first-order valence-corrected chi connectivity index (χ1v) is 7.29. The van der Waals surface area contributed by atoms with Crippen LogP contribution in [0.2, 0.25) is 0 Å². The van der Waals surface area contributed by atoms with Crippen LogP contribution in [0.25, 0.3) is 0 Å². The van der Waals surface area contributed by atoms with Crippen molar-refractivity contribution in [1.29, 1.82) is 0 Å². The molecule has 0 aromatic heterocycles. The molecule has 0 nitrogen and oxygen atoms in total. The fourth-order valence-corrected chi connectivity index (χ4v) is 2.60. The van der Waals surface area contributed by atoms with Gasteiger partial charge in [0.05, 0.1) is 0 Å². The zero-order valence-electron chi connectivity index (χ0n) is 13.6. The van der Waals surface area contributed by atoms with Crippen molar-refractivity contribution in [2.24, 2.45) is 0 Å². The second kappa shape index (κ2) is 5.45. The summed E-state index contributed by atoms with van der Waals surface area (Å²) < 4.78 is 41.8.